The van der Waals surface area contributed by atoms with Gasteiger partial charge < -0.3 is 4.90 Å². The van der Waals surface area contributed by atoms with Gasteiger partial charge in [0, 0.05) is 59.6 Å². The summed E-state index contributed by atoms with van der Waals surface area (Å²) in [5.74, 6) is -0.494. The number of benzene rings is 3. The Labute approximate surface area is 232 Å². The van der Waals surface area contributed by atoms with Crippen molar-refractivity contribution in [2.45, 2.75) is 30.8 Å². The standard InChI is InChI=1S/C29H28ClFN4O3S/c1-19-18-34(20(2)25-13-10-23(31)17-26(25)30)15-16-35(19)29(36)22-8-11-24(12-9-22)33-39(37,38)27-7-3-5-21-6-4-14-32-28(21)27/h3-14,17,19-20,33H,15-16,18H2,1-2H3. The van der Waals surface area contributed by atoms with Gasteiger partial charge in [0.25, 0.3) is 15.9 Å². The van der Waals surface area contributed by atoms with Crippen LogP contribution < -0.4 is 4.72 Å². The van der Waals surface area contributed by atoms with Crippen molar-refractivity contribution in [1.82, 2.24) is 14.8 Å². The Kier molecular flexibility index (Phi) is 7.57. The fourth-order valence-electron chi connectivity index (χ4n) is 5.03. The van der Waals surface area contributed by atoms with Crippen LogP contribution in [-0.2, 0) is 10.0 Å². The summed E-state index contributed by atoms with van der Waals surface area (Å²) < 4.78 is 42.3. The van der Waals surface area contributed by atoms with Crippen molar-refractivity contribution in [2.75, 3.05) is 24.4 Å². The summed E-state index contributed by atoms with van der Waals surface area (Å²) in [6.07, 6.45) is 1.56. The van der Waals surface area contributed by atoms with Gasteiger partial charge in [0.2, 0.25) is 0 Å². The summed E-state index contributed by atoms with van der Waals surface area (Å²) in [5.41, 5.74) is 2.06. The molecule has 202 valence electrons. The molecule has 3 aromatic carbocycles. The molecule has 2 unspecified atom stereocenters. The molecular formula is C29H28ClFN4O3S. The van der Waals surface area contributed by atoms with Crippen LogP contribution in [0.5, 0.6) is 0 Å². The summed E-state index contributed by atoms with van der Waals surface area (Å²) in [6.45, 7) is 5.81. The van der Waals surface area contributed by atoms with E-state index < -0.39 is 10.0 Å². The maximum absolute atomic E-state index is 13.5. The van der Waals surface area contributed by atoms with Gasteiger partial charge in [-0.15, -0.1) is 0 Å². The minimum atomic E-state index is -3.89. The molecule has 39 heavy (non-hydrogen) atoms. The van der Waals surface area contributed by atoms with E-state index in [1.165, 1.54) is 18.2 Å². The molecule has 1 fully saturated rings. The van der Waals surface area contributed by atoms with Crippen LogP contribution in [0.4, 0.5) is 10.1 Å². The Morgan fingerprint density at radius 3 is 2.54 bits per heavy atom. The van der Waals surface area contributed by atoms with Gasteiger partial charge in [-0.1, -0.05) is 35.9 Å². The van der Waals surface area contributed by atoms with Crippen molar-refractivity contribution >= 4 is 44.1 Å². The minimum Gasteiger partial charge on any atom is -0.333 e. The highest BCUT2D eigenvalue weighted by molar-refractivity contribution is 7.93. The molecule has 7 nitrogen and oxygen atoms in total. The molecule has 0 aliphatic carbocycles. The SMILES string of the molecule is CC(c1ccc(F)cc1Cl)N1CCN(C(=O)c2ccc(NS(=O)(=O)c3cccc4cccnc34)cc2)C(C)C1. The zero-order valence-corrected chi connectivity index (χ0v) is 23.1. The van der Waals surface area contributed by atoms with Crippen molar-refractivity contribution in [3.8, 4) is 0 Å². The highest BCUT2D eigenvalue weighted by Gasteiger charge is 2.31. The molecule has 1 aliphatic heterocycles. The van der Waals surface area contributed by atoms with E-state index in [1.807, 2.05) is 18.7 Å². The number of hydrogen-bond donors (Lipinski definition) is 1. The van der Waals surface area contributed by atoms with Crippen molar-refractivity contribution < 1.29 is 17.6 Å². The highest BCUT2D eigenvalue weighted by Crippen LogP contribution is 2.30. The lowest BCUT2D eigenvalue weighted by molar-refractivity contribution is 0.0406. The lowest BCUT2D eigenvalue weighted by atomic mass is 10.0. The van der Waals surface area contributed by atoms with Crippen LogP contribution in [0.3, 0.4) is 0 Å². The molecule has 0 saturated carbocycles. The molecule has 4 aromatic rings. The molecule has 10 heteroatoms. The predicted molar refractivity (Wildman–Crippen MR) is 151 cm³/mol. The smallest absolute Gasteiger partial charge is 0.264 e. The Morgan fingerprint density at radius 2 is 1.82 bits per heavy atom. The third-order valence-electron chi connectivity index (χ3n) is 7.15. The molecular weight excluding hydrogens is 539 g/mol. The minimum absolute atomic E-state index is 0.0259. The summed E-state index contributed by atoms with van der Waals surface area (Å²) in [6, 6.07) is 19.3. The Hall–Kier alpha value is -3.53. The number of nitrogens with zero attached hydrogens (tertiary/aromatic N) is 3. The maximum atomic E-state index is 13.5. The summed E-state index contributed by atoms with van der Waals surface area (Å²) in [4.78, 5) is 21.7. The van der Waals surface area contributed by atoms with E-state index in [4.69, 9.17) is 11.6 Å². The van der Waals surface area contributed by atoms with Crippen molar-refractivity contribution in [3.63, 3.8) is 0 Å². The molecule has 1 aliphatic rings. The molecule has 2 atom stereocenters. The number of carbonyl (C=O) groups is 1. The largest absolute Gasteiger partial charge is 0.333 e. The zero-order valence-electron chi connectivity index (χ0n) is 21.5. The number of halogens is 2. The van der Waals surface area contributed by atoms with Crippen LogP contribution >= 0.6 is 11.6 Å². The van der Waals surface area contributed by atoms with Crippen molar-refractivity contribution in [1.29, 1.82) is 0 Å². The van der Waals surface area contributed by atoms with Gasteiger partial charge in [0.1, 0.15) is 10.7 Å². The first-order valence-corrected chi connectivity index (χ1v) is 14.5. The van der Waals surface area contributed by atoms with Gasteiger partial charge in [-0.3, -0.25) is 19.4 Å². The number of sulfonamides is 1. The monoisotopic (exact) mass is 566 g/mol. The lowest BCUT2D eigenvalue weighted by Crippen LogP contribution is -2.54. The molecule has 5 rings (SSSR count). The third kappa shape index (κ3) is 5.61. The number of nitrogens with one attached hydrogen (secondary N) is 1. The molecule has 1 aromatic heterocycles. The van der Waals surface area contributed by atoms with Gasteiger partial charge in [0.15, 0.2) is 0 Å². The van der Waals surface area contributed by atoms with Crippen LogP contribution in [-0.4, -0.2) is 54.8 Å². The number of hydrogen-bond acceptors (Lipinski definition) is 5. The van der Waals surface area contributed by atoms with E-state index in [0.29, 0.717) is 41.4 Å². The van der Waals surface area contributed by atoms with E-state index in [-0.39, 0.29) is 28.7 Å². The first kappa shape index (κ1) is 27.1. The first-order valence-electron chi connectivity index (χ1n) is 12.6. The number of aromatic nitrogens is 1. The van der Waals surface area contributed by atoms with Crippen LogP contribution in [0.2, 0.25) is 5.02 Å². The van der Waals surface area contributed by atoms with Crippen LogP contribution in [0.15, 0.2) is 83.9 Å². The second-order valence-corrected chi connectivity index (χ2v) is 11.8. The molecule has 0 radical (unpaired) electrons. The van der Waals surface area contributed by atoms with E-state index in [9.17, 15) is 17.6 Å². The normalized spacial score (nSPS) is 17.2. The summed E-state index contributed by atoms with van der Waals surface area (Å²) in [7, 11) is -3.89. The topological polar surface area (TPSA) is 82.6 Å². The molecule has 1 amide bonds. The number of carbonyl (C=O) groups excluding carboxylic acids is 1. The molecule has 0 spiro atoms. The zero-order chi connectivity index (χ0) is 27.7. The Bertz CT molecular complexity index is 1630. The Morgan fingerprint density at radius 1 is 1.08 bits per heavy atom. The quantitative estimate of drug-likeness (QED) is 0.322. The second kappa shape index (κ2) is 10.9. The summed E-state index contributed by atoms with van der Waals surface area (Å²) in [5, 5.41) is 1.12. The molecule has 1 saturated heterocycles. The van der Waals surface area contributed by atoms with Gasteiger partial charge in [0.05, 0.1) is 5.52 Å². The van der Waals surface area contributed by atoms with Gasteiger partial charge >= 0.3 is 0 Å². The van der Waals surface area contributed by atoms with E-state index >= 15 is 0 Å². The number of piperazine rings is 1. The number of rotatable bonds is 6. The second-order valence-electron chi connectivity index (χ2n) is 9.70. The number of amides is 1. The lowest BCUT2D eigenvalue weighted by Gasteiger charge is -2.42. The van der Waals surface area contributed by atoms with Gasteiger partial charge in [-0.05, 0) is 67.9 Å². The first-order chi connectivity index (χ1) is 18.6. The number of anilines is 1. The van der Waals surface area contributed by atoms with Crippen LogP contribution in [0, 0.1) is 5.82 Å². The van der Waals surface area contributed by atoms with E-state index in [0.717, 1.165) is 10.9 Å². The maximum Gasteiger partial charge on any atom is 0.264 e. The Balaban J connectivity index is 1.26. The molecule has 1 N–H and O–H groups in total. The summed E-state index contributed by atoms with van der Waals surface area (Å²) >= 11 is 6.28. The third-order valence-corrected chi connectivity index (χ3v) is 8.89. The van der Waals surface area contributed by atoms with E-state index in [1.54, 1.807) is 60.8 Å². The van der Waals surface area contributed by atoms with Crippen molar-refractivity contribution in [3.05, 3.63) is 101 Å². The highest BCUT2D eigenvalue weighted by atomic mass is 35.5. The van der Waals surface area contributed by atoms with Crippen LogP contribution in [0.1, 0.15) is 35.8 Å². The number of pyridine rings is 1. The van der Waals surface area contributed by atoms with E-state index in [2.05, 4.69) is 14.6 Å². The average molecular weight is 567 g/mol. The fourth-order valence-corrected chi connectivity index (χ4v) is 6.59. The number of fused-ring (bicyclic) bond motifs is 1. The van der Waals surface area contributed by atoms with Crippen molar-refractivity contribution in [2.24, 2.45) is 0 Å². The van der Waals surface area contributed by atoms with Gasteiger partial charge in [-0.2, -0.15) is 0 Å². The average Bonchev–Trinajstić information content (AvgIpc) is 2.92. The molecule has 2 heterocycles. The predicted octanol–water partition coefficient (Wildman–Crippen LogP) is 5.74. The fraction of sp³-hybridized carbons (Fsp3) is 0.241. The van der Waals surface area contributed by atoms with Gasteiger partial charge in [-0.25, -0.2) is 12.8 Å². The molecule has 0 bridgehead atoms. The van der Waals surface area contributed by atoms with Crippen LogP contribution in [0.25, 0.3) is 10.9 Å². The number of para-hydroxylation sites is 1.